The highest BCUT2D eigenvalue weighted by molar-refractivity contribution is 5.90. The Labute approximate surface area is 151 Å². The molecule has 2 heterocycles. The number of nitrogens with one attached hydrogen (secondary N) is 2. The van der Waals surface area contributed by atoms with Gasteiger partial charge in [0, 0.05) is 23.2 Å². The van der Waals surface area contributed by atoms with Gasteiger partial charge in [-0.25, -0.2) is 9.78 Å². The van der Waals surface area contributed by atoms with Crippen LogP contribution in [-0.4, -0.2) is 17.6 Å². The number of hydrogen-bond acceptors (Lipinski definition) is 4. The predicted molar refractivity (Wildman–Crippen MR) is 98.1 cm³/mol. The SMILES string of the molecule is Cc1coc(-c2cccc(NC(=O)N[C@@H]3CCOc4ccccc43)c2)n1. The summed E-state index contributed by atoms with van der Waals surface area (Å²) >= 11 is 0. The molecule has 1 aliphatic rings. The number of carbonyl (C=O) groups excluding carboxylic acids is 1. The smallest absolute Gasteiger partial charge is 0.319 e. The lowest BCUT2D eigenvalue weighted by molar-refractivity contribution is 0.232. The molecule has 0 fully saturated rings. The van der Waals surface area contributed by atoms with Gasteiger partial charge in [-0.1, -0.05) is 24.3 Å². The molecule has 0 spiro atoms. The second kappa shape index (κ2) is 6.92. The fourth-order valence-corrected chi connectivity index (χ4v) is 3.03. The summed E-state index contributed by atoms with van der Waals surface area (Å²) in [5.41, 5.74) is 3.30. The third kappa shape index (κ3) is 3.39. The van der Waals surface area contributed by atoms with E-state index in [1.54, 1.807) is 6.26 Å². The molecule has 4 rings (SSSR count). The Bertz CT molecular complexity index is 935. The Morgan fingerprint density at radius 3 is 2.92 bits per heavy atom. The topological polar surface area (TPSA) is 76.4 Å². The van der Waals surface area contributed by atoms with Crippen LogP contribution >= 0.6 is 0 Å². The van der Waals surface area contributed by atoms with Crippen molar-refractivity contribution in [1.82, 2.24) is 10.3 Å². The maximum Gasteiger partial charge on any atom is 0.319 e. The number of oxazole rings is 1. The lowest BCUT2D eigenvalue weighted by Crippen LogP contribution is -2.35. The molecule has 0 unspecified atom stereocenters. The highest BCUT2D eigenvalue weighted by atomic mass is 16.5. The molecule has 2 N–H and O–H groups in total. The van der Waals surface area contributed by atoms with E-state index in [1.165, 1.54) is 0 Å². The summed E-state index contributed by atoms with van der Waals surface area (Å²) in [4.78, 5) is 16.8. The van der Waals surface area contributed by atoms with Crippen LogP contribution in [0.4, 0.5) is 10.5 Å². The number of carbonyl (C=O) groups is 1. The van der Waals surface area contributed by atoms with E-state index in [9.17, 15) is 4.79 Å². The van der Waals surface area contributed by atoms with Gasteiger partial charge in [0.2, 0.25) is 5.89 Å². The van der Waals surface area contributed by atoms with E-state index >= 15 is 0 Å². The van der Waals surface area contributed by atoms with Gasteiger partial charge >= 0.3 is 6.03 Å². The van der Waals surface area contributed by atoms with Crippen LogP contribution < -0.4 is 15.4 Å². The van der Waals surface area contributed by atoms with Gasteiger partial charge in [-0.15, -0.1) is 0 Å². The van der Waals surface area contributed by atoms with E-state index in [4.69, 9.17) is 9.15 Å². The van der Waals surface area contributed by atoms with Gasteiger partial charge in [-0.3, -0.25) is 0 Å². The summed E-state index contributed by atoms with van der Waals surface area (Å²) in [6.45, 7) is 2.45. The lowest BCUT2D eigenvalue weighted by atomic mass is 10.0. The Kier molecular flexibility index (Phi) is 4.31. The number of amides is 2. The number of rotatable bonds is 3. The van der Waals surface area contributed by atoms with E-state index in [2.05, 4.69) is 15.6 Å². The minimum Gasteiger partial charge on any atom is -0.493 e. The van der Waals surface area contributed by atoms with Crippen LogP contribution in [0.15, 0.2) is 59.2 Å². The molecule has 1 aliphatic heterocycles. The number of urea groups is 1. The number of nitrogens with zero attached hydrogens (tertiary/aromatic N) is 1. The van der Waals surface area contributed by atoms with Crippen molar-refractivity contribution in [3.05, 3.63) is 66.1 Å². The zero-order valence-electron chi connectivity index (χ0n) is 14.4. The first-order chi connectivity index (χ1) is 12.7. The molecule has 1 aromatic heterocycles. The first-order valence-electron chi connectivity index (χ1n) is 8.51. The molecule has 2 amide bonds. The molecule has 0 saturated carbocycles. The molecule has 132 valence electrons. The number of hydrogen-bond donors (Lipinski definition) is 2. The number of ether oxygens (including phenoxy) is 1. The van der Waals surface area contributed by atoms with Crippen LogP contribution in [0.1, 0.15) is 23.7 Å². The number of anilines is 1. The first-order valence-corrected chi connectivity index (χ1v) is 8.51. The average molecular weight is 349 g/mol. The first kappa shape index (κ1) is 16.2. The van der Waals surface area contributed by atoms with Gasteiger partial charge in [0.15, 0.2) is 0 Å². The van der Waals surface area contributed by atoms with Crippen molar-refractivity contribution < 1.29 is 13.9 Å². The summed E-state index contributed by atoms with van der Waals surface area (Å²) in [6, 6.07) is 14.9. The maximum atomic E-state index is 12.4. The Balaban J connectivity index is 1.46. The van der Waals surface area contributed by atoms with Gasteiger partial charge in [0.25, 0.3) is 0 Å². The minimum atomic E-state index is -0.257. The van der Waals surface area contributed by atoms with Crippen molar-refractivity contribution >= 4 is 11.7 Å². The molecule has 3 aromatic rings. The summed E-state index contributed by atoms with van der Waals surface area (Å²) in [5.74, 6) is 1.36. The zero-order chi connectivity index (χ0) is 17.9. The highest BCUT2D eigenvalue weighted by Crippen LogP contribution is 2.31. The summed E-state index contributed by atoms with van der Waals surface area (Å²) < 4.78 is 11.0. The van der Waals surface area contributed by atoms with Crippen molar-refractivity contribution in [2.75, 3.05) is 11.9 Å². The van der Waals surface area contributed by atoms with E-state index in [0.29, 0.717) is 18.2 Å². The summed E-state index contributed by atoms with van der Waals surface area (Å²) in [5, 5.41) is 5.89. The molecule has 6 nitrogen and oxygen atoms in total. The van der Waals surface area contributed by atoms with Gasteiger partial charge < -0.3 is 19.8 Å². The Hall–Kier alpha value is -3.28. The molecule has 0 aliphatic carbocycles. The van der Waals surface area contributed by atoms with E-state index < -0.39 is 0 Å². The molecule has 2 aromatic carbocycles. The fourth-order valence-electron chi connectivity index (χ4n) is 3.03. The second-order valence-corrected chi connectivity index (χ2v) is 6.20. The fraction of sp³-hybridized carbons (Fsp3) is 0.200. The Morgan fingerprint density at radius 1 is 1.19 bits per heavy atom. The molecule has 6 heteroatoms. The van der Waals surface area contributed by atoms with E-state index in [1.807, 2.05) is 55.5 Å². The minimum absolute atomic E-state index is 0.0717. The van der Waals surface area contributed by atoms with Crippen molar-refractivity contribution in [3.8, 4) is 17.2 Å². The monoisotopic (exact) mass is 349 g/mol. The van der Waals surface area contributed by atoms with Crippen molar-refractivity contribution in [1.29, 1.82) is 0 Å². The summed E-state index contributed by atoms with van der Waals surface area (Å²) in [7, 11) is 0. The number of aromatic nitrogens is 1. The lowest BCUT2D eigenvalue weighted by Gasteiger charge is -2.26. The van der Waals surface area contributed by atoms with E-state index in [-0.39, 0.29) is 12.1 Å². The van der Waals surface area contributed by atoms with Crippen molar-refractivity contribution in [2.24, 2.45) is 0 Å². The third-order valence-corrected chi connectivity index (χ3v) is 4.25. The average Bonchev–Trinajstić information content (AvgIpc) is 3.09. The van der Waals surface area contributed by atoms with Gasteiger partial charge in [-0.2, -0.15) is 0 Å². The highest BCUT2D eigenvalue weighted by Gasteiger charge is 2.22. The molecule has 0 bridgehead atoms. The van der Waals surface area contributed by atoms with Gasteiger partial charge in [-0.05, 0) is 31.2 Å². The van der Waals surface area contributed by atoms with Crippen LogP contribution in [0, 0.1) is 6.92 Å². The molecule has 26 heavy (non-hydrogen) atoms. The molecule has 1 atom stereocenters. The predicted octanol–water partition coefficient (Wildman–Crippen LogP) is 4.30. The largest absolute Gasteiger partial charge is 0.493 e. The quantitative estimate of drug-likeness (QED) is 0.739. The van der Waals surface area contributed by atoms with Crippen molar-refractivity contribution in [3.63, 3.8) is 0 Å². The van der Waals surface area contributed by atoms with E-state index in [0.717, 1.165) is 29.0 Å². The van der Waals surface area contributed by atoms with Gasteiger partial charge in [0.1, 0.15) is 12.0 Å². The maximum absolute atomic E-state index is 12.4. The number of aryl methyl sites for hydroxylation is 1. The molecular weight excluding hydrogens is 330 g/mol. The van der Waals surface area contributed by atoms with Crippen LogP contribution in [0.5, 0.6) is 5.75 Å². The molecule has 0 saturated heterocycles. The third-order valence-electron chi connectivity index (χ3n) is 4.25. The van der Waals surface area contributed by atoms with Crippen molar-refractivity contribution in [2.45, 2.75) is 19.4 Å². The number of benzene rings is 2. The standard InChI is InChI=1S/C20H19N3O3/c1-13-12-26-19(21-13)14-5-4-6-15(11-14)22-20(24)23-17-9-10-25-18-8-3-2-7-16(17)18/h2-8,11-12,17H,9-10H2,1H3,(H2,22,23,24)/t17-/m1/s1. The number of para-hydroxylation sites is 1. The molecular formula is C20H19N3O3. The molecule has 0 radical (unpaired) electrons. The second-order valence-electron chi connectivity index (χ2n) is 6.20. The summed E-state index contributed by atoms with van der Waals surface area (Å²) in [6.07, 6.45) is 2.34. The number of fused-ring (bicyclic) bond motifs is 1. The van der Waals surface area contributed by atoms with Crippen LogP contribution in [0.3, 0.4) is 0 Å². The van der Waals surface area contributed by atoms with Crippen LogP contribution in [0.25, 0.3) is 11.5 Å². The van der Waals surface area contributed by atoms with Crippen LogP contribution in [0.2, 0.25) is 0 Å². The van der Waals surface area contributed by atoms with Crippen LogP contribution in [-0.2, 0) is 0 Å². The normalized spacial score (nSPS) is 15.7. The Morgan fingerprint density at radius 2 is 2.08 bits per heavy atom. The zero-order valence-corrected chi connectivity index (χ0v) is 14.4. The van der Waals surface area contributed by atoms with Gasteiger partial charge in [0.05, 0.1) is 18.3 Å².